The van der Waals surface area contributed by atoms with E-state index in [0.717, 1.165) is 22.2 Å². The van der Waals surface area contributed by atoms with Crippen LogP contribution in [0.4, 0.5) is 0 Å². The van der Waals surface area contributed by atoms with E-state index >= 15 is 0 Å². The first-order valence-corrected chi connectivity index (χ1v) is 6.78. The molecule has 0 N–H and O–H groups in total. The highest BCUT2D eigenvalue weighted by Crippen LogP contribution is 2.19. The second-order valence-electron chi connectivity index (χ2n) is 4.83. The topological polar surface area (TPSA) is 39.2 Å². The molecule has 1 aromatic heterocycles. The van der Waals surface area contributed by atoms with Gasteiger partial charge >= 0.3 is 0 Å². The Morgan fingerprint density at radius 2 is 1.95 bits per heavy atom. The minimum Gasteiger partial charge on any atom is -0.497 e. The van der Waals surface area contributed by atoms with Crippen LogP contribution in [-0.4, -0.2) is 17.9 Å². The quantitative estimate of drug-likeness (QED) is 0.683. The number of methoxy groups -OCH3 is 1. The average Bonchev–Trinajstić information content (AvgIpc) is 2.54. The summed E-state index contributed by atoms with van der Waals surface area (Å²) in [6.45, 7) is 0. The van der Waals surface area contributed by atoms with Gasteiger partial charge in [-0.2, -0.15) is 0 Å². The van der Waals surface area contributed by atoms with Crippen LogP contribution in [0.1, 0.15) is 15.9 Å². The summed E-state index contributed by atoms with van der Waals surface area (Å²) < 4.78 is 5.19. The largest absolute Gasteiger partial charge is 0.497 e. The van der Waals surface area contributed by atoms with Crippen molar-refractivity contribution in [1.29, 1.82) is 0 Å². The Kier molecular flexibility index (Phi) is 3.65. The van der Waals surface area contributed by atoms with Gasteiger partial charge in [-0.3, -0.25) is 9.78 Å². The lowest BCUT2D eigenvalue weighted by atomic mass is 10.00. The number of ether oxygens (including phenoxy) is 1. The number of hydrogen-bond acceptors (Lipinski definition) is 3. The number of aromatic nitrogens is 1. The number of hydrogen-bond donors (Lipinski definition) is 0. The molecule has 0 unspecified atom stereocenters. The van der Waals surface area contributed by atoms with Crippen LogP contribution < -0.4 is 4.74 Å². The average molecular weight is 277 g/mol. The van der Waals surface area contributed by atoms with Crippen molar-refractivity contribution in [3.63, 3.8) is 0 Å². The van der Waals surface area contributed by atoms with E-state index < -0.39 is 0 Å². The van der Waals surface area contributed by atoms with Gasteiger partial charge in [-0.15, -0.1) is 0 Å². The summed E-state index contributed by atoms with van der Waals surface area (Å²) in [6, 6.07) is 17.1. The summed E-state index contributed by atoms with van der Waals surface area (Å²) in [5.74, 6) is 0.849. The Labute approximate surface area is 123 Å². The van der Waals surface area contributed by atoms with Crippen LogP contribution >= 0.6 is 0 Å². The monoisotopic (exact) mass is 277 g/mol. The van der Waals surface area contributed by atoms with Gasteiger partial charge in [0.2, 0.25) is 0 Å². The van der Waals surface area contributed by atoms with E-state index in [1.165, 1.54) is 0 Å². The summed E-state index contributed by atoms with van der Waals surface area (Å²) in [6.07, 6.45) is 2.03. The Bertz CT molecular complexity index is 791. The number of Topliss-reactive ketones (excluding diaryl/α,β-unsaturated/α-hetero) is 1. The van der Waals surface area contributed by atoms with E-state index in [0.29, 0.717) is 12.0 Å². The van der Waals surface area contributed by atoms with Crippen molar-refractivity contribution >= 4 is 16.7 Å². The summed E-state index contributed by atoms with van der Waals surface area (Å²) in [5, 5.41) is 0.896. The Morgan fingerprint density at radius 3 is 2.81 bits per heavy atom. The fourth-order valence-corrected chi connectivity index (χ4v) is 2.40. The van der Waals surface area contributed by atoms with E-state index in [9.17, 15) is 4.79 Å². The number of ketones is 1. The molecule has 0 aliphatic rings. The first-order valence-electron chi connectivity index (χ1n) is 6.78. The first kappa shape index (κ1) is 13.3. The summed E-state index contributed by atoms with van der Waals surface area (Å²) in [5.41, 5.74) is 2.50. The molecule has 0 bridgehead atoms. The third-order valence-corrected chi connectivity index (χ3v) is 3.45. The number of benzene rings is 2. The molecular formula is C18H15NO2. The van der Waals surface area contributed by atoms with E-state index in [1.807, 2.05) is 48.5 Å². The fraction of sp³-hybridized carbons (Fsp3) is 0.111. The van der Waals surface area contributed by atoms with Crippen molar-refractivity contribution in [3.05, 3.63) is 71.9 Å². The fourth-order valence-electron chi connectivity index (χ4n) is 2.40. The van der Waals surface area contributed by atoms with Crippen molar-refractivity contribution < 1.29 is 9.53 Å². The highest BCUT2D eigenvalue weighted by Gasteiger charge is 2.11. The van der Waals surface area contributed by atoms with Crippen molar-refractivity contribution in [2.75, 3.05) is 7.11 Å². The molecule has 0 fully saturated rings. The highest BCUT2D eigenvalue weighted by atomic mass is 16.5. The number of para-hydroxylation sites is 1. The van der Waals surface area contributed by atoms with Gasteiger partial charge in [-0.1, -0.05) is 30.3 Å². The Morgan fingerprint density at radius 1 is 1.10 bits per heavy atom. The SMILES string of the molecule is COc1cccc(CC(=O)c2ccnc3ccccc23)c1. The smallest absolute Gasteiger partial charge is 0.167 e. The molecule has 0 aliphatic carbocycles. The van der Waals surface area contributed by atoms with Crippen molar-refractivity contribution in [2.45, 2.75) is 6.42 Å². The van der Waals surface area contributed by atoms with Gasteiger partial charge in [0, 0.05) is 23.6 Å². The van der Waals surface area contributed by atoms with Gasteiger partial charge in [0.15, 0.2) is 5.78 Å². The minimum absolute atomic E-state index is 0.0850. The predicted octanol–water partition coefficient (Wildman–Crippen LogP) is 3.67. The maximum absolute atomic E-state index is 12.6. The maximum Gasteiger partial charge on any atom is 0.167 e. The van der Waals surface area contributed by atoms with Crippen molar-refractivity contribution in [2.24, 2.45) is 0 Å². The number of pyridine rings is 1. The summed E-state index contributed by atoms with van der Waals surface area (Å²) in [7, 11) is 1.62. The zero-order valence-electron chi connectivity index (χ0n) is 11.7. The lowest BCUT2D eigenvalue weighted by Crippen LogP contribution is -2.05. The number of carbonyl (C=O) groups excluding carboxylic acids is 1. The second-order valence-corrected chi connectivity index (χ2v) is 4.83. The third-order valence-electron chi connectivity index (χ3n) is 3.45. The molecule has 1 heterocycles. The van der Waals surface area contributed by atoms with E-state index in [2.05, 4.69) is 4.98 Å². The molecule has 3 heteroatoms. The molecule has 3 nitrogen and oxygen atoms in total. The molecular weight excluding hydrogens is 262 g/mol. The molecule has 0 saturated carbocycles. The van der Waals surface area contributed by atoms with Gasteiger partial charge in [0.25, 0.3) is 0 Å². The van der Waals surface area contributed by atoms with Crippen molar-refractivity contribution in [3.8, 4) is 5.75 Å². The van der Waals surface area contributed by atoms with Crippen LogP contribution in [0.5, 0.6) is 5.75 Å². The standard InChI is InChI=1S/C18H15NO2/c1-21-14-6-4-5-13(11-14)12-18(20)16-9-10-19-17-8-3-2-7-15(16)17/h2-11H,12H2,1H3. The summed E-state index contributed by atoms with van der Waals surface area (Å²) >= 11 is 0. The van der Waals surface area contributed by atoms with Gasteiger partial charge in [0.1, 0.15) is 5.75 Å². The molecule has 0 amide bonds. The van der Waals surface area contributed by atoms with Gasteiger partial charge in [-0.05, 0) is 29.8 Å². The summed E-state index contributed by atoms with van der Waals surface area (Å²) in [4.78, 5) is 16.8. The van der Waals surface area contributed by atoms with Gasteiger partial charge in [0.05, 0.1) is 12.6 Å². The third kappa shape index (κ3) is 2.77. The molecule has 3 aromatic rings. The van der Waals surface area contributed by atoms with Crippen LogP contribution in [0.25, 0.3) is 10.9 Å². The van der Waals surface area contributed by atoms with Crippen LogP contribution in [0.15, 0.2) is 60.8 Å². The number of rotatable bonds is 4. The maximum atomic E-state index is 12.6. The van der Waals surface area contributed by atoms with Gasteiger partial charge < -0.3 is 4.74 Å². The molecule has 3 rings (SSSR count). The van der Waals surface area contributed by atoms with Crippen LogP contribution in [-0.2, 0) is 6.42 Å². The number of nitrogens with zero attached hydrogens (tertiary/aromatic N) is 1. The van der Waals surface area contributed by atoms with Crippen LogP contribution in [0.3, 0.4) is 0 Å². The molecule has 0 aliphatic heterocycles. The Hall–Kier alpha value is -2.68. The Balaban J connectivity index is 1.93. The predicted molar refractivity (Wildman–Crippen MR) is 82.8 cm³/mol. The van der Waals surface area contributed by atoms with E-state index in [1.54, 1.807) is 19.4 Å². The van der Waals surface area contributed by atoms with E-state index in [4.69, 9.17) is 4.74 Å². The second kappa shape index (κ2) is 5.75. The van der Waals surface area contributed by atoms with E-state index in [-0.39, 0.29) is 5.78 Å². The molecule has 0 radical (unpaired) electrons. The van der Waals surface area contributed by atoms with Crippen molar-refractivity contribution in [1.82, 2.24) is 4.98 Å². The molecule has 104 valence electrons. The molecule has 0 saturated heterocycles. The van der Waals surface area contributed by atoms with Gasteiger partial charge in [-0.25, -0.2) is 0 Å². The zero-order chi connectivity index (χ0) is 14.7. The van der Waals surface area contributed by atoms with Crippen LogP contribution in [0, 0.1) is 0 Å². The molecule has 0 spiro atoms. The van der Waals surface area contributed by atoms with Crippen LogP contribution in [0.2, 0.25) is 0 Å². The molecule has 0 atom stereocenters. The number of carbonyl (C=O) groups is 1. The normalized spacial score (nSPS) is 10.5. The minimum atomic E-state index is 0.0850. The first-order chi connectivity index (χ1) is 10.3. The molecule has 2 aromatic carbocycles. The lowest BCUT2D eigenvalue weighted by molar-refractivity contribution is 0.0994. The zero-order valence-corrected chi connectivity index (χ0v) is 11.7. The molecule has 21 heavy (non-hydrogen) atoms. The lowest BCUT2D eigenvalue weighted by Gasteiger charge is -2.06. The highest BCUT2D eigenvalue weighted by molar-refractivity contribution is 6.07. The number of fused-ring (bicyclic) bond motifs is 1.